The van der Waals surface area contributed by atoms with Crippen LogP contribution in [0.25, 0.3) is 0 Å². The van der Waals surface area contributed by atoms with E-state index in [2.05, 4.69) is 10.3 Å². The van der Waals surface area contributed by atoms with Crippen LogP contribution >= 0.6 is 0 Å². The highest BCUT2D eigenvalue weighted by Gasteiger charge is 2.19. The minimum Gasteiger partial charge on any atom is -0.433 e. The zero-order chi connectivity index (χ0) is 15.4. The Morgan fingerprint density at radius 3 is 2.57 bits per heavy atom. The second-order valence-electron chi connectivity index (χ2n) is 4.82. The lowest BCUT2D eigenvalue weighted by Gasteiger charge is -2.13. The lowest BCUT2D eigenvalue weighted by Crippen LogP contribution is -2.01. The highest BCUT2D eigenvalue weighted by Crippen LogP contribution is 2.34. The number of hydrogen-bond donors (Lipinski definition) is 1. The second-order valence-corrected chi connectivity index (χ2v) is 4.82. The maximum atomic E-state index is 11.1. The van der Waals surface area contributed by atoms with E-state index >= 15 is 0 Å². The van der Waals surface area contributed by atoms with E-state index < -0.39 is 4.92 Å². The van der Waals surface area contributed by atoms with E-state index in [1.165, 1.54) is 6.07 Å². The molecular weight excluding hydrogens is 270 g/mol. The van der Waals surface area contributed by atoms with Crippen LogP contribution < -0.4 is 10.1 Å². The minimum atomic E-state index is -0.500. The Morgan fingerprint density at radius 2 is 1.95 bits per heavy atom. The molecular formula is C15H17N3O3. The Hall–Kier alpha value is -2.63. The van der Waals surface area contributed by atoms with E-state index in [0.717, 1.165) is 5.56 Å². The molecule has 0 amide bonds. The number of ether oxygens (including phenoxy) is 1. The van der Waals surface area contributed by atoms with Gasteiger partial charge in [0.2, 0.25) is 0 Å². The van der Waals surface area contributed by atoms with Crippen molar-refractivity contribution in [2.24, 2.45) is 0 Å². The van der Waals surface area contributed by atoms with Crippen LogP contribution in [0.5, 0.6) is 11.6 Å². The number of rotatable bonds is 5. The van der Waals surface area contributed by atoms with Gasteiger partial charge >= 0.3 is 11.6 Å². The predicted molar refractivity (Wildman–Crippen MR) is 81.0 cm³/mol. The number of nitrogens with zero attached hydrogens (tertiary/aromatic N) is 2. The molecule has 1 aromatic heterocycles. The van der Waals surface area contributed by atoms with E-state index in [9.17, 15) is 10.1 Å². The van der Waals surface area contributed by atoms with Crippen molar-refractivity contribution in [2.75, 3.05) is 12.4 Å². The first-order valence-corrected chi connectivity index (χ1v) is 6.63. The number of para-hydroxylation sites is 1. The molecule has 0 atom stereocenters. The third kappa shape index (κ3) is 3.28. The fourth-order valence-electron chi connectivity index (χ4n) is 1.94. The van der Waals surface area contributed by atoms with E-state index in [-0.39, 0.29) is 17.5 Å². The molecule has 21 heavy (non-hydrogen) atoms. The van der Waals surface area contributed by atoms with Gasteiger partial charge in [-0.3, -0.25) is 10.1 Å². The van der Waals surface area contributed by atoms with Crippen LogP contribution in [-0.4, -0.2) is 17.0 Å². The van der Waals surface area contributed by atoms with Gasteiger partial charge in [0.1, 0.15) is 11.6 Å². The van der Waals surface area contributed by atoms with Gasteiger partial charge in [0, 0.05) is 13.1 Å². The average molecular weight is 287 g/mol. The summed E-state index contributed by atoms with van der Waals surface area (Å²) < 4.78 is 5.71. The Bertz CT molecular complexity index is 656. The molecule has 0 saturated carbocycles. The number of benzene rings is 1. The Balaban J connectivity index is 2.45. The topological polar surface area (TPSA) is 77.3 Å². The van der Waals surface area contributed by atoms with Crippen molar-refractivity contribution in [3.63, 3.8) is 0 Å². The zero-order valence-corrected chi connectivity index (χ0v) is 12.2. The largest absolute Gasteiger partial charge is 0.433 e. The van der Waals surface area contributed by atoms with Gasteiger partial charge in [-0.1, -0.05) is 32.0 Å². The average Bonchev–Trinajstić information content (AvgIpc) is 2.47. The summed E-state index contributed by atoms with van der Waals surface area (Å²) in [6, 6.07) is 10.4. The summed E-state index contributed by atoms with van der Waals surface area (Å²) in [4.78, 5) is 14.7. The molecule has 0 aliphatic heterocycles. The van der Waals surface area contributed by atoms with E-state index in [4.69, 9.17) is 4.74 Å². The smallest absolute Gasteiger partial charge is 0.331 e. The van der Waals surface area contributed by atoms with E-state index in [0.29, 0.717) is 11.6 Å². The van der Waals surface area contributed by atoms with Crippen LogP contribution in [0.4, 0.5) is 11.5 Å². The second kappa shape index (κ2) is 6.21. The standard InChI is InChI=1S/C15H17N3O3/c1-10(2)11-6-4-5-7-13(11)21-15-12(18(19)20)8-9-14(16-3)17-15/h4-10H,1-3H3,(H,16,17). The van der Waals surface area contributed by atoms with Gasteiger partial charge in [-0.15, -0.1) is 0 Å². The van der Waals surface area contributed by atoms with Gasteiger partial charge < -0.3 is 10.1 Å². The van der Waals surface area contributed by atoms with Gasteiger partial charge in [0.25, 0.3) is 0 Å². The summed E-state index contributed by atoms with van der Waals surface area (Å²) in [6.45, 7) is 4.07. The molecule has 0 spiro atoms. The highest BCUT2D eigenvalue weighted by molar-refractivity contribution is 5.51. The first kappa shape index (κ1) is 14.8. The maximum absolute atomic E-state index is 11.1. The molecule has 0 unspecified atom stereocenters. The van der Waals surface area contributed by atoms with Crippen molar-refractivity contribution in [1.82, 2.24) is 4.98 Å². The number of pyridine rings is 1. The number of hydrogen-bond acceptors (Lipinski definition) is 5. The first-order chi connectivity index (χ1) is 10.0. The lowest BCUT2D eigenvalue weighted by atomic mass is 10.0. The van der Waals surface area contributed by atoms with E-state index in [1.54, 1.807) is 19.2 Å². The summed E-state index contributed by atoms with van der Waals surface area (Å²) in [6.07, 6.45) is 0. The number of nitro groups is 1. The van der Waals surface area contributed by atoms with Crippen LogP contribution in [0.15, 0.2) is 36.4 Å². The third-order valence-electron chi connectivity index (χ3n) is 3.04. The highest BCUT2D eigenvalue weighted by atomic mass is 16.6. The molecule has 6 heteroatoms. The Labute approximate surface area is 122 Å². The Kier molecular flexibility index (Phi) is 4.37. The maximum Gasteiger partial charge on any atom is 0.331 e. The van der Waals surface area contributed by atoms with Crippen LogP contribution in [0.2, 0.25) is 0 Å². The first-order valence-electron chi connectivity index (χ1n) is 6.63. The number of aromatic nitrogens is 1. The van der Waals surface area contributed by atoms with Crippen molar-refractivity contribution >= 4 is 11.5 Å². The van der Waals surface area contributed by atoms with Crippen LogP contribution in [-0.2, 0) is 0 Å². The molecule has 2 rings (SSSR count). The summed E-state index contributed by atoms with van der Waals surface area (Å²) >= 11 is 0. The summed E-state index contributed by atoms with van der Waals surface area (Å²) in [7, 11) is 1.69. The SMILES string of the molecule is CNc1ccc([N+](=O)[O-])c(Oc2ccccc2C(C)C)n1. The molecule has 0 saturated heterocycles. The summed E-state index contributed by atoms with van der Waals surface area (Å²) in [5.74, 6) is 1.32. The quantitative estimate of drug-likeness (QED) is 0.665. The fraction of sp³-hybridized carbons (Fsp3) is 0.267. The van der Waals surface area contributed by atoms with Crippen molar-refractivity contribution in [3.8, 4) is 11.6 Å². The van der Waals surface area contributed by atoms with Crippen molar-refractivity contribution in [1.29, 1.82) is 0 Å². The predicted octanol–water partition coefficient (Wildman–Crippen LogP) is 3.95. The third-order valence-corrected chi connectivity index (χ3v) is 3.04. The zero-order valence-electron chi connectivity index (χ0n) is 12.2. The molecule has 1 aromatic carbocycles. The molecule has 0 fully saturated rings. The molecule has 0 aliphatic carbocycles. The molecule has 2 aromatic rings. The molecule has 0 radical (unpaired) electrons. The number of nitrogens with one attached hydrogen (secondary N) is 1. The van der Waals surface area contributed by atoms with Crippen molar-refractivity contribution < 1.29 is 9.66 Å². The molecule has 1 heterocycles. The monoisotopic (exact) mass is 287 g/mol. The van der Waals surface area contributed by atoms with Gasteiger partial charge in [0.05, 0.1) is 4.92 Å². The van der Waals surface area contributed by atoms with Crippen molar-refractivity contribution in [2.45, 2.75) is 19.8 Å². The van der Waals surface area contributed by atoms with Crippen LogP contribution in [0.3, 0.4) is 0 Å². The van der Waals surface area contributed by atoms with Crippen LogP contribution in [0, 0.1) is 10.1 Å². The lowest BCUT2D eigenvalue weighted by molar-refractivity contribution is -0.386. The molecule has 110 valence electrons. The molecule has 0 aliphatic rings. The Morgan fingerprint density at radius 1 is 1.24 bits per heavy atom. The summed E-state index contributed by atoms with van der Waals surface area (Å²) in [5.41, 5.74) is 0.816. The van der Waals surface area contributed by atoms with Gasteiger partial charge in [-0.2, -0.15) is 4.98 Å². The van der Waals surface area contributed by atoms with Crippen molar-refractivity contribution in [3.05, 3.63) is 52.1 Å². The molecule has 0 bridgehead atoms. The number of anilines is 1. The van der Waals surface area contributed by atoms with Crippen LogP contribution in [0.1, 0.15) is 25.3 Å². The van der Waals surface area contributed by atoms with Gasteiger partial charge in [0.15, 0.2) is 0 Å². The minimum absolute atomic E-state index is 0.0139. The molecule has 1 N–H and O–H groups in total. The molecule has 6 nitrogen and oxygen atoms in total. The summed E-state index contributed by atoms with van der Waals surface area (Å²) in [5, 5.41) is 13.9. The normalized spacial score (nSPS) is 10.5. The van der Waals surface area contributed by atoms with Gasteiger partial charge in [-0.05, 0) is 23.6 Å². The fourth-order valence-corrected chi connectivity index (χ4v) is 1.94. The van der Waals surface area contributed by atoms with E-state index in [1.807, 2.05) is 32.0 Å². The van der Waals surface area contributed by atoms with Gasteiger partial charge in [-0.25, -0.2) is 0 Å².